The molecule has 142 valence electrons. The van der Waals surface area contributed by atoms with Gasteiger partial charge in [0.2, 0.25) is 0 Å². The number of nitrogens with one attached hydrogen (secondary N) is 1. The Morgan fingerprint density at radius 3 is 2.89 bits per heavy atom. The van der Waals surface area contributed by atoms with Gasteiger partial charge in [-0.15, -0.1) is 21.5 Å². The van der Waals surface area contributed by atoms with Crippen LogP contribution in [-0.2, 0) is 25.1 Å². The number of aromatic nitrogens is 5. The van der Waals surface area contributed by atoms with Gasteiger partial charge in [0.25, 0.3) is 5.56 Å². The number of thioether (sulfide) groups is 1. The van der Waals surface area contributed by atoms with E-state index in [-0.39, 0.29) is 5.56 Å². The zero-order chi connectivity index (χ0) is 19.1. The van der Waals surface area contributed by atoms with Crippen LogP contribution in [0.1, 0.15) is 29.6 Å². The van der Waals surface area contributed by atoms with Crippen molar-refractivity contribution in [2.24, 2.45) is 0 Å². The highest BCUT2D eigenvalue weighted by Gasteiger charge is 2.21. The summed E-state index contributed by atoms with van der Waals surface area (Å²) in [6.07, 6.45) is 3.21. The van der Waals surface area contributed by atoms with E-state index in [0.717, 1.165) is 52.6 Å². The van der Waals surface area contributed by atoms with Gasteiger partial charge in [-0.2, -0.15) is 0 Å². The topological polar surface area (TPSA) is 76.5 Å². The fourth-order valence-electron chi connectivity index (χ4n) is 3.73. The molecule has 1 aliphatic rings. The second-order valence-electron chi connectivity index (χ2n) is 6.76. The van der Waals surface area contributed by atoms with Crippen LogP contribution >= 0.6 is 23.1 Å². The van der Waals surface area contributed by atoms with Gasteiger partial charge in [-0.3, -0.25) is 4.79 Å². The number of hydrogen-bond donors (Lipinski definition) is 1. The molecule has 3 heterocycles. The van der Waals surface area contributed by atoms with Crippen LogP contribution in [0.15, 0.2) is 40.3 Å². The van der Waals surface area contributed by atoms with Crippen molar-refractivity contribution in [2.45, 2.75) is 43.6 Å². The third-order valence-electron chi connectivity index (χ3n) is 5.03. The lowest BCUT2D eigenvalue weighted by molar-refractivity contribution is 0.687. The van der Waals surface area contributed by atoms with Crippen molar-refractivity contribution < 1.29 is 0 Å². The molecular formula is C20H19N5OS2. The van der Waals surface area contributed by atoms with E-state index in [1.807, 2.05) is 30.3 Å². The van der Waals surface area contributed by atoms with Crippen LogP contribution in [0.5, 0.6) is 0 Å². The maximum absolute atomic E-state index is 12.6. The van der Waals surface area contributed by atoms with E-state index in [2.05, 4.69) is 26.7 Å². The van der Waals surface area contributed by atoms with Crippen molar-refractivity contribution in [3.05, 3.63) is 57.0 Å². The Labute approximate surface area is 170 Å². The first-order chi connectivity index (χ1) is 13.7. The normalized spacial score (nSPS) is 13.3. The molecule has 0 amide bonds. The molecule has 0 radical (unpaired) electrons. The van der Waals surface area contributed by atoms with Crippen LogP contribution in [0.2, 0.25) is 0 Å². The van der Waals surface area contributed by atoms with Crippen LogP contribution in [0, 0.1) is 0 Å². The summed E-state index contributed by atoms with van der Waals surface area (Å²) in [5.41, 5.74) is 2.25. The van der Waals surface area contributed by atoms with Crippen LogP contribution in [0.3, 0.4) is 0 Å². The lowest BCUT2D eigenvalue weighted by atomic mass is 10.2. The number of benzene rings is 1. The minimum Gasteiger partial charge on any atom is -0.309 e. The largest absolute Gasteiger partial charge is 0.309 e. The van der Waals surface area contributed by atoms with E-state index in [1.165, 1.54) is 10.4 Å². The summed E-state index contributed by atoms with van der Waals surface area (Å²) < 4.78 is 2.09. The van der Waals surface area contributed by atoms with Crippen LogP contribution < -0.4 is 5.56 Å². The Kier molecular flexibility index (Phi) is 4.52. The highest BCUT2D eigenvalue weighted by atomic mass is 32.2. The summed E-state index contributed by atoms with van der Waals surface area (Å²) in [7, 11) is 0. The Morgan fingerprint density at radius 1 is 1.21 bits per heavy atom. The average molecular weight is 410 g/mol. The minimum absolute atomic E-state index is 0.0121. The van der Waals surface area contributed by atoms with Gasteiger partial charge in [-0.05, 0) is 31.7 Å². The van der Waals surface area contributed by atoms with Crippen LogP contribution in [0.4, 0.5) is 0 Å². The molecule has 0 atom stereocenters. The number of thiophene rings is 1. The maximum Gasteiger partial charge on any atom is 0.259 e. The van der Waals surface area contributed by atoms with Crippen LogP contribution in [0.25, 0.3) is 21.6 Å². The molecule has 1 aromatic carbocycles. The van der Waals surface area contributed by atoms with Gasteiger partial charge >= 0.3 is 0 Å². The highest BCUT2D eigenvalue weighted by molar-refractivity contribution is 7.98. The molecule has 1 N–H and O–H groups in total. The van der Waals surface area contributed by atoms with E-state index in [4.69, 9.17) is 4.98 Å². The van der Waals surface area contributed by atoms with Crippen molar-refractivity contribution in [2.75, 3.05) is 0 Å². The molecule has 0 unspecified atom stereocenters. The van der Waals surface area contributed by atoms with Gasteiger partial charge in [0, 0.05) is 17.0 Å². The molecule has 6 nitrogen and oxygen atoms in total. The number of H-pyrrole nitrogens is 1. The van der Waals surface area contributed by atoms with Gasteiger partial charge < -0.3 is 9.55 Å². The number of aromatic amines is 1. The number of nitrogens with zero attached hydrogens (tertiary/aromatic N) is 4. The Hall–Kier alpha value is -2.45. The first-order valence-corrected chi connectivity index (χ1v) is 11.2. The molecule has 3 aromatic heterocycles. The van der Waals surface area contributed by atoms with Gasteiger partial charge in [-0.25, -0.2) is 4.98 Å². The summed E-state index contributed by atoms with van der Waals surface area (Å²) in [6, 6.07) is 10.1. The Balaban J connectivity index is 1.42. The summed E-state index contributed by atoms with van der Waals surface area (Å²) in [5.74, 6) is 2.10. The van der Waals surface area contributed by atoms with Crippen molar-refractivity contribution in [1.82, 2.24) is 24.7 Å². The van der Waals surface area contributed by atoms with E-state index in [1.54, 1.807) is 23.1 Å². The van der Waals surface area contributed by atoms with Crippen molar-refractivity contribution in [1.29, 1.82) is 0 Å². The molecule has 0 fully saturated rings. The molecule has 28 heavy (non-hydrogen) atoms. The highest BCUT2D eigenvalue weighted by Crippen LogP contribution is 2.35. The second-order valence-corrected chi connectivity index (χ2v) is 8.78. The van der Waals surface area contributed by atoms with Gasteiger partial charge in [0.05, 0.1) is 11.1 Å². The SMILES string of the molecule is CCn1c(SCc2nc3sc4c(c3c(=O)[nH]2)CCC4)nnc1-c1ccccc1. The molecule has 0 saturated carbocycles. The summed E-state index contributed by atoms with van der Waals surface area (Å²) in [6.45, 7) is 2.86. The van der Waals surface area contributed by atoms with Crippen molar-refractivity contribution in [3.8, 4) is 11.4 Å². The van der Waals surface area contributed by atoms with Crippen LogP contribution in [-0.4, -0.2) is 24.7 Å². The molecule has 0 spiro atoms. The molecule has 8 heteroatoms. The zero-order valence-electron chi connectivity index (χ0n) is 15.4. The standard InChI is InChI=1S/C20H19N5OS2/c1-2-25-17(12-7-4-3-5-8-12)23-24-20(25)27-11-15-21-18(26)16-13-9-6-10-14(13)28-19(16)22-15/h3-5,7-8H,2,6,9-11H2,1H3,(H,21,22,26). The van der Waals surface area contributed by atoms with E-state index < -0.39 is 0 Å². The van der Waals surface area contributed by atoms with Gasteiger partial charge in [0.1, 0.15) is 10.7 Å². The number of hydrogen-bond acceptors (Lipinski definition) is 6. The fraction of sp³-hybridized carbons (Fsp3) is 0.300. The molecule has 0 bridgehead atoms. The number of rotatable bonds is 5. The lowest BCUT2D eigenvalue weighted by Crippen LogP contribution is -2.11. The maximum atomic E-state index is 12.6. The van der Waals surface area contributed by atoms with E-state index in [0.29, 0.717) is 11.6 Å². The molecule has 1 aliphatic carbocycles. The molecule has 0 saturated heterocycles. The summed E-state index contributed by atoms with van der Waals surface area (Å²) in [4.78, 5) is 22.5. The zero-order valence-corrected chi connectivity index (χ0v) is 17.1. The number of fused-ring (bicyclic) bond motifs is 3. The summed E-state index contributed by atoms with van der Waals surface area (Å²) in [5, 5.41) is 10.4. The first-order valence-electron chi connectivity index (χ1n) is 9.39. The predicted molar refractivity (Wildman–Crippen MR) is 113 cm³/mol. The molecule has 0 aliphatic heterocycles. The van der Waals surface area contributed by atoms with Crippen molar-refractivity contribution >= 4 is 33.3 Å². The molecular weight excluding hydrogens is 390 g/mol. The fourth-order valence-corrected chi connectivity index (χ4v) is 5.88. The molecule has 4 aromatic rings. The Bertz CT molecular complexity index is 1210. The minimum atomic E-state index is -0.0121. The van der Waals surface area contributed by atoms with E-state index >= 15 is 0 Å². The monoisotopic (exact) mass is 409 g/mol. The molecule has 5 rings (SSSR count). The second kappa shape index (κ2) is 7.18. The van der Waals surface area contributed by atoms with Gasteiger partial charge in [-0.1, -0.05) is 42.1 Å². The summed E-state index contributed by atoms with van der Waals surface area (Å²) >= 11 is 3.22. The lowest BCUT2D eigenvalue weighted by Gasteiger charge is -2.07. The Morgan fingerprint density at radius 2 is 2.07 bits per heavy atom. The van der Waals surface area contributed by atoms with E-state index in [9.17, 15) is 4.79 Å². The third-order valence-corrected chi connectivity index (χ3v) is 7.19. The first kappa shape index (κ1) is 17.6. The quantitative estimate of drug-likeness (QED) is 0.503. The predicted octanol–water partition coefficient (Wildman–Crippen LogP) is 4.04. The number of aryl methyl sites for hydroxylation is 2. The average Bonchev–Trinajstić information content (AvgIpc) is 3.40. The third kappa shape index (κ3) is 2.97. The smallest absolute Gasteiger partial charge is 0.259 e. The van der Waals surface area contributed by atoms with Crippen molar-refractivity contribution in [3.63, 3.8) is 0 Å². The van der Waals surface area contributed by atoms with Gasteiger partial charge in [0.15, 0.2) is 11.0 Å².